The van der Waals surface area contributed by atoms with E-state index in [2.05, 4.69) is 22.4 Å². The van der Waals surface area contributed by atoms with Crippen molar-refractivity contribution in [1.82, 2.24) is 10.7 Å². The maximum absolute atomic E-state index is 10.4. The lowest BCUT2D eigenvalue weighted by atomic mass is 10.2. The summed E-state index contributed by atoms with van der Waals surface area (Å²) < 4.78 is 5.09. The van der Waals surface area contributed by atoms with Crippen molar-refractivity contribution in [1.29, 1.82) is 0 Å². The maximum atomic E-state index is 10.4. The number of thiocarbonyl (C=S) groups is 1. The number of hydrogen-bond acceptors (Lipinski definition) is 5. The van der Waals surface area contributed by atoms with E-state index in [0.29, 0.717) is 23.0 Å². The zero-order valence-electron chi connectivity index (χ0n) is 11.6. The normalized spacial score (nSPS) is 10.1. The number of nitrogens with zero attached hydrogens (tertiary/aromatic N) is 1. The van der Waals surface area contributed by atoms with Crippen LogP contribution >= 0.6 is 12.2 Å². The number of carboxylic acid groups (broad SMARTS) is 1. The summed E-state index contributed by atoms with van der Waals surface area (Å²) in [5, 5.41) is 17.6. The lowest BCUT2D eigenvalue weighted by Gasteiger charge is -2.09. The molecule has 0 fully saturated rings. The van der Waals surface area contributed by atoms with Crippen molar-refractivity contribution in [3.8, 4) is 5.75 Å². The summed E-state index contributed by atoms with van der Waals surface area (Å²) in [6.07, 6.45) is 1.49. The van der Waals surface area contributed by atoms with Gasteiger partial charge in [-0.2, -0.15) is 5.10 Å². The SMILES string of the molecule is C=C(C)CNC(=S)N/N=C\c1ccccc1OCC(=O)[O-]. The second-order valence-corrected chi connectivity index (χ2v) is 4.62. The van der Waals surface area contributed by atoms with Crippen LogP contribution in [-0.2, 0) is 4.79 Å². The number of carbonyl (C=O) groups excluding carboxylic acids is 1. The van der Waals surface area contributed by atoms with Crippen molar-refractivity contribution in [2.75, 3.05) is 13.2 Å². The number of benzene rings is 1. The number of carboxylic acids is 1. The smallest absolute Gasteiger partial charge is 0.187 e. The standard InChI is InChI=1S/C14H17N3O3S/c1-10(2)7-15-14(21)17-16-8-11-5-3-4-6-12(11)20-9-13(18)19/h3-6,8H,1,7,9H2,2H3,(H,18,19)(H2,15,17,21)/p-1/b16-8-. The van der Waals surface area contributed by atoms with Crippen molar-refractivity contribution < 1.29 is 14.6 Å². The Morgan fingerprint density at radius 1 is 1.52 bits per heavy atom. The quantitative estimate of drug-likeness (QED) is 0.324. The van der Waals surface area contributed by atoms with E-state index >= 15 is 0 Å². The van der Waals surface area contributed by atoms with E-state index in [1.807, 2.05) is 6.92 Å². The van der Waals surface area contributed by atoms with Crippen molar-refractivity contribution in [2.24, 2.45) is 5.10 Å². The lowest BCUT2D eigenvalue weighted by molar-refractivity contribution is -0.307. The van der Waals surface area contributed by atoms with Crippen molar-refractivity contribution >= 4 is 29.5 Å². The van der Waals surface area contributed by atoms with Crippen molar-refractivity contribution in [3.05, 3.63) is 42.0 Å². The fourth-order valence-electron chi connectivity index (χ4n) is 1.29. The summed E-state index contributed by atoms with van der Waals surface area (Å²) >= 11 is 5.01. The highest BCUT2D eigenvalue weighted by Gasteiger charge is 2.00. The third kappa shape index (κ3) is 7.07. The molecule has 6 nitrogen and oxygen atoms in total. The van der Waals surface area contributed by atoms with Gasteiger partial charge < -0.3 is 20.0 Å². The Hall–Kier alpha value is -2.41. The van der Waals surface area contributed by atoms with E-state index < -0.39 is 12.6 Å². The summed E-state index contributed by atoms with van der Waals surface area (Å²) in [4.78, 5) is 10.4. The number of aliphatic carboxylic acids is 1. The van der Waals surface area contributed by atoms with Crippen LogP contribution in [0.2, 0.25) is 0 Å². The van der Waals surface area contributed by atoms with Gasteiger partial charge in [0.2, 0.25) is 0 Å². The molecule has 0 spiro atoms. The number of hydrogen-bond donors (Lipinski definition) is 2. The number of nitrogens with one attached hydrogen (secondary N) is 2. The Labute approximate surface area is 128 Å². The zero-order valence-corrected chi connectivity index (χ0v) is 12.4. The molecule has 7 heteroatoms. The molecule has 1 aromatic rings. The van der Waals surface area contributed by atoms with E-state index in [1.54, 1.807) is 24.3 Å². The number of carbonyl (C=O) groups is 1. The van der Waals surface area contributed by atoms with E-state index in [0.717, 1.165) is 5.57 Å². The molecule has 0 saturated carbocycles. The third-order valence-electron chi connectivity index (χ3n) is 2.18. The van der Waals surface area contributed by atoms with E-state index in [9.17, 15) is 9.90 Å². The summed E-state index contributed by atoms with van der Waals surface area (Å²) in [5.74, 6) is -0.891. The van der Waals surface area contributed by atoms with Gasteiger partial charge in [-0.25, -0.2) is 0 Å². The number of rotatable bonds is 7. The minimum absolute atomic E-state index is 0.363. The monoisotopic (exact) mass is 306 g/mol. The summed E-state index contributed by atoms with van der Waals surface area (Å²) in [6.45, 7) is 5.67. The molecule has 0 aliphatic rings. The average molecular weight is 306 g/mol. The number of para-hydroxylation sites is 1. The van der Waals surface area contributed by atoms with Crippen LogP contribution in [0.25, 0.3) is 0 Å². The van der Waals surface area contributed by atoms with Crippen molar-refractivity contribution in [2.45, 2.75) is 6.92 Å². The fourth-order valence-corrected chi connectivity index (χ4v) is 1.41. The first-order chi connectivity index (χ1) is 9.99. The van der Waals surface area contributed by atoms with E-state index in [4.69, 9.17) is 17.0 Å². The molecule has 112 valence electrons. The van der Waals surface area contributed by atoms with Crippen LogP contribution in [0.5, 0.6) is 5.75 Å². The second kappa shape index (κ2) is 8.70. The summed E-state index contributed by atoms with van der Waals surface area (Å²) in [7, 11) is 0. The van der Waals surface area contributed by atoms with E-state index in [1.165, 1.54) is 6.21 Å². The predicted molar refractivity (Wildman–Crippen MR) is 83.1 cm³/mol. The highest BCUT2D eigenvalue weighted by atomic mass is 32.1. The molecule has 0 atom stereocenters. The van der Waals surface area contributed by atoms with Gasteiger partial charge >= 0.3 is 0 Å². The molecule has 21 heavy (non-hydrogen) atoms. The van der Waals surface area contributed by atoms with Gasteiger partial charge in [-0.15, -0.1) is 0 Å². The van der Waals surface area contributed by atoms with E-state index in [-0.39, 0.29) is 0 Å². The average Bonchev–Trinajstić information content (AvgIpc) is 2.44. The number of ether oxygens (including phenoxy) is 1. The highest BCUT2D eigenvalue weighted by Crippen LogP contribution is 2.15. The minimum Gasteiger partial charge on any atom is -0.546 e. The third-order valence-corrected chi connectivity index (χ3v) is 2.42. The Balaban J connectivity index is 2.57. The molecule has 0 unspecified atom stereocenters. The van der Waals surface area contributed by atoms with Crippen LogP contribution in [0.3, 0.4) is 0 Å². The first-order valence-electron chi connectivity index (χ1n) is 6.12. The van der Waals surface area contributed by atoms with Gasteiger partial charge in [0, 0.05) is 12.1 Å². The molecule has 0 heterocycles. The van der Waals surface area contributed by atoms with Gasteiger partial charge in [-0.1, -0.05) is 24.3 Å². The summed E-state index contributed by atoms with van der Waals surface area (Å²) in [6, 6.07) is 6.89. The van der Waals surface area contributed by atoms with Crippen LogP contribution in [0.1, 0.15) is 12.5 Å². The highest BCUT2D eigenvalue weighted by molar-refractivity contribution is 7.80. The van der Waals surface area contributed by atoms with Gasteiger partial charge in [0.15, 0.2) is 5.11 Å². The topological polar surface area (TPSA) is 85.8 Å². The maximum Gasteiger partial charge on any atom is 0.187 e. The zero-order chi connectivity index (χ0) is 15.7. The van der Waals surface area contributed by atoms with Crippen LogP contribution in [0, 0.1) is 0 Å². The Morgan fingerprint density at radius 3 is 2.90 bits per heavy atom. The number of hydrazone groups is 1. The van der Waals surface area contributed by atoms with Crippen LogP contribution in [0.4, 0.5) is 0 Å². The first-order valence-corrected chi connectivity index (χ1v) is 6.53. The molecule has 2 N–H and O–H groups in total. The van der Waals surface area contributed by atoms with Crippen molar-refractivity contribution in [3.63, 3.8) is 0 Å². The van der Waals surface area contributed by atoms with Gasteiger partial charge in [-0.05, 0) is 31.3 Å². The molecule has 0 aliphatic carbocycles. The molecule has 0 aliphatic heterocycles. The van der Waals surface area contributed by atoms with Gasteiger partial charge in [-0.3, -0.25) is 5.43 Å². The Morgan fingerprint density at radius 2 is 2.24 bits per heavy atom. The molecule has 0 radical (unpaired) electrons. The minimum atomic E-state index is -1.29. The van der Waals surface area contributed by atoms with Gasteiger partial charge in [0.1, 0.15) is 12.4 Å². The largest absolute Gasteiger partial charge is 0.546 e. The second-order valence-electron chi connectivity index (χ2n) is 4.21. The van der Waals surface area contributed by atoms with Gasteiger partial charge in [0.05, 0.1) is 12.2 Å². The lowest BCUT2D eigenvalue weighted by Crippen LogP contribution is -2.33. The molecule has 0 bridgehead atoms. The molecule has 1 aromatic carbocycles. The Bertz CT molecular complexity index is 558. The molecular weight excluding hydrogens is 290 g/mol. The van der Waals surface area contributed by atoms with Crippen LogP contribution < -0.4 is 20.6 Å². The first kappa shape index (κ1) is 16.6. The molecule has 0 aromatic heterocycles. The summed E-state index contributed by atoms with van der Waals surface area (Å²) in [5.41, 5.74) is 4.21. The predicted octanol–water partition coefficient (Wildman–Crippen LogP) is 0.189. The molecular formula is C14H16N3O3S-. The van der Waals surface area contributed by atoms with Crippen LogP contribution in [0.15, 0.2) is 41.5 Å². The molecule has 1 rings (SSSR count). The van der Waals surface area contributed by atoms with Crippen LogP contribution in [-0.4, -0.2) is 30.4 Å². The van der Waals surface area contributed by atoms with Gasteiger partial charge in [0.25, 0.3) is 0 Å². The molecule has 0 saturated heterocycles. The fraction of sp³-hybridized carbons (Fsp3) is 0.214. The Kier molecular flexibility index (Phi) is 6.90. The molecule has 0 amide bonds.